The predicted molar refractivity (Wildman–Crippen MR) is 98.3 cm³/mol. The molecule has 0 spiro atoms. The summed E-state index contributed by atoms with van der Waals surface area (Å²) in [5.41, 5.74) is 3.05. The fourth-order valence-corrected chi connectivity index (χ4v) is 3.44. The lowest BCUT2D eigenvalue weighted by Gasteiger charge is -2.35. The van der Waals surface area contributed by atoms with E-state index in [9.17, 15) is 4.79 Å². The standard InChI is InChI=1S/C20H27N3O2/c1-15-11-23(12-16(2)25-15)14-18-8-6-17(7-9-18)13-22(3)20(24)19-5-4-10-21-19/h4-10,15-16,21H,11-14H2,1-3H3/t15-,16+. The molecule has 1 aromatic heterocycles. The van der Waals surface area contributed by atoms with Crippen LogP contribution in [0.4, 0.5) is 0 Å². The molecule has 0 aliphatic carbocycles. The number of aromatic nitrogens is 1. The number of nitrogens with zero attached hydrogens (tertiary/aromatic N) is 2. The van der Waals surface area contributed by atoms with Gasteiger partial charge in [-0.1, -0.05) is 24.3 Å². The number of ether oxygens (including phenoxy) is 1. The second-order valence-electron chi connectivity index (χ2n) is 7.01. The zero-order chi connectivity index (χ0) is 17.8. The molecule has 2 heterocycles. The van der Waals surface area contributed by atoms with Gasteiger partial charge in [0.25, 0.3) is 5.91 Å². The summed E-state index contributed by atoms with van der Waals surface area (Å²) in [5.74, 6) is 0.00497. The van der Waals surface area contributed by atoms with Gasteiger partial charge < -0.3 is 14.6 Å². The number of rotatable bonds is 5. The molecule has 1 amide bonds. The maximum atomic E-state index is 12.3. The third-order valence-electron chi connectivity index (χ3n) is 4.52. The SMILES string of the molecule is C[C@@H]1CN(Cc2ccc(CN(C)C(=O)c3ccc[nH]3)cc2)C[C@H](C)O1. The normalized spacial score (nSPS) is 21.2. The van der Waals surface area contributed by atoms with Crippen molar-refractivity contribution in [2.24, 2.45) is 0 Å². The van der Waals surface area contributed by atoms with Crippen LogP contribution in [0.1, 0.15) is 35.5 Å². The molecule has 0 radical (unpaired) electrons. The van der Waals surface area contributed by atoms with Gasteiger partial charge in [0.1, 0.15) is 5.69 Å². The number of morpholine rings is 1. The molecular formula is C20H27N3O2. The van der Waals surface area contributed by atoms with Crippen LogP contribution in [0.5, 0.6) is 0 Å². The molecule has 0 bridgehead atoms. The van der Waals surface area contributed by atoms with Gasteiger partial charge >= 0.3 is 0 Å². The molecule has 0 unspecified atom stereocenters. The molecule has 2 aromatic rings. The fourth-order valence-electron chi connectivity index (χ4n) is 3.44. The molecule has 0 saturated carbocycles. The smallest absolute Gasteiger partial charge is 0.270 e. The molecule has 3 rings (SSSR count). The van der Waals surface area contributed by atoms with Crippen LogP contribution in [0.15, 0.2) is 42.6 Å². The second kappa shape index (κ2) is 7.85. The van der Waals surface area contributed by atoms with E-state index in [1.165, 1.54) is 5.56 Å². The van der Waals surface area contributed by atoms with E-state index < -0.39 is 0 Å². The summed E-state index contributed by atoms with van der Waals surface area (Å²) in [5, 5.41) is 0. The number of aromatic amines is 1. The quantitative estimate of drug-likeness (QED) is 0.910. The van der Waals surface area contributed by atoms with E-state index in [2.05, 4.69) is 48.0 Å². The van der Waals surface area contributed by atoms with Crippen molar-refractivity contribution in [2.45, 2.75) is 39.1 Å². The minimum absolute atomic E-state index is 0.00497. The summed E-state index contributed by atoms with van der Waals surface area (Å²) in [6.45, 7) is 7.74. The fraction of sp³-hybridized carbons (Fsp3) is 0.450. The molecule has 2 atom stereocenters. The third-order valence-corrected chi connectivity index (χ3v) is 4.52. The van der Waals surface area contributed by atoms with Gasteiger partial charge in [-0.05, 0) is 37.1 Å². The van der Waals surface area contributed by atoms with Crippen molar-refractivity contribution in [1.29, 1.82) is 0 Å². The van der Waals surface area contributed by atoms with Crippen LogP contribution in [0.2, 0.25) is 0 Å². The van der Waals surface area contributed by atoms with Crippen molar-refractivity contribution < 1.29 is 9.53 Å². The lowest BCUT2D eigenvalue weighted by atomic mass is 10.1. The highest BCUT2D eigenvalue weighted by atomic mass is 16.5. The van der Waals surface area contributed by atoms with Gasteiger partial charge in [-0.3, -0.25) is 9.69 Å². The molecular weight excluding hydrogens is 314 g/mol. The first-order valence-corrected chi connectivity index (χ1v) is 8.85. The van der Waals surface area contributed by atoms with Crippen LogP contribution in [0.25, 0.3) is 0 Å². The zero-order valence-corrected chi connectivity index (χ0v) is 15.2. The topological polar surface area (TPSA) is 48.6 Å². The van der Waals surface area contributed by atoms with E-state index in [0.717, 1.165) is 25.2 Å². The molecule has 5 nitrogen and oxygen atoms in total. The third kappa shape index (κ3) is 4.71. The number of hydrogen-bond acceptors (Lipinski definition) is 3. The summed E-state index contributed by atoms with van der Waals surface area (Å²) >= 11 is 0. The molecule has 1 fully saturated rings. The van der Waals surface area contributed by atoms with E-state index >= 15 is 0 Å². The Bertz CT molecular complexity index is 671. The first-order valence-electron chi connectivity index (χ1n) is 8.85. The highest BCUT2D eigenvalue weighted by molar-refractivity contribution is 5.92. The number of carbonyl (C=O) groups is 1. The Kier molecular flexibility index (Phi) is 5.56. The van der Waals surface area contributed by atoms with Gasteiger partial charge in [0.05, 0.1) is 12.2 Å². The number of carbonyl (C=O) groups excluding carboxylic acids is 1. The molecule has 1 aromatic carbocycles. The Morgan fingerprint density at radius 3 is 2.40 bits per heavy atom. The Morgan fingerprint density at radius 2 is 1.80 bits per heavy atom. The summed E-state index contributed by atoms with van der Waals surface area (Å²) < 4.78 is 5.79. The van der Waals surface area contributed by atoms with Crippen molar-refractivity contribution in [2.75, 3.05) is 20.1 Å². The summed E-state index contributed by atoms with van der Waals surface area (Å²) in [6.07, 6.45) is 2.34. The van der Waals surface area contributed by atoms with Crippen LogP contribution in [-0.4, -0.2) is 53.0 Å². The van der Waals surface area contributed by atoms with Crippen molar-refractivity contribution in [3.8, 4) is 0 Å². The van der Waals surface area contributed by atoms with Gasteiger partial charge in [0.15, 0.2) is 0 Å². The number of nitrogens with one attached hydrogen (secondary N) is 1. The van der Waals surface area contributed by atoms with Crippen molar-refractivity contribution in [1.82, 2.24) is 14.8 Å². The molecule has 25 heavy (non-hydrogen) atoms. The van der Waals surface area contributed by atoms with Gasteiger partial charge in [0, 0.05) is 39.4 Å². The average Bonchev–Trinajstić information content (AvgIpc) is 3.09. The first-order chi connectivity index (χ1) is 12.0. The molecule has 1 saturated heterocycles. The minimum atomic E-state index is 0.00497. The Morgan fingerprint density at radius 1 is 1.16 bits per heavy atom. The zero-order valence-electron chi connectivity index (χ0n) is 15.2. The number of hydrogen-bond donors (Lipinski definition) is 1. The lowest BCUT2D eigenvalue weighted by Crippen LogP contribution is -2.44. The maximum Gasteiger partial charge on any atom is 0.270 e. The van der Waals surface area contributed by atoms with Gasteiger partial charge in [-0.2, -0.15) is 0 Å². The van der Waals surface area contributed by atoms with Gasteiger partial charge in [-0.15, -0.1) is 0 Å². The summed E-state index contributed by atoms with van der Waals surface area (Å²) in [7, 11) is 1.83. The van der Waals surface area contributed by atoms with Crippen LogP contribution in [-0.2, 0) is 17.8 Å². The monoisotopic (exact) mass is 341 g/mol. The van der Waals surface area contributed by atoms with Crippen LogP contribution < -0.4 is 0 Å². The molecule has 1 N–H and O–H groups in total. The molecule has 1 aliphatic rings. The van der Waals surface area contributed by atoms with Crippen LogP contribution >= 0.6 is 0 Å². The Labute approximate surface area is 149 Å². The highest BCUT2D eigenvalue weighted by Crippen LogP contribution is 2.15. The molecule has 134 valence electrons. The number of benzene rings is 1. The second-order valence-corrected chi connectivity index (χ2v) is 7.01. The highest BCUT2D eigenvalue weighted by Gasteiger charge is 2.22. The molecule has 1 aliphatic heterocycles. The Hall–Kier alpha value is -2.11. The van der Waals surface area contributed by atoms with E-state index in [-0.39, 0.29) is 18.1 Å². The van der Waals surface area contributed by atoms with Crippen LogP contribution in [0, 0.1) is 0 Å². The summed E-state index contributed by atoms with van der Waals surface area (Å²) in [6, 6.07) is 12.2. The lowest BCUT2D eigenvalue weighted by molar-refractivity contribution is -0.0704. The van der Waals surface area contributed by atoms with E-state index in [1.54, 1.807) is 17.2 Å². The predicted octanol–water partition coefficient (Wildman–Crippen LogP) is 2.90. The van der Waals surface area contributed by atoms with Gasteiger partial charge in [-0.25, -0.2) is 0 Å². The van der Waals surface area contributed by atoms with Crippen LogP contribution in [0.3, 0.4) is 0 Å². The van der Waals surface area contributed by atoms with Gasteiger partial charge in [0.2, 0.25) is 0 Å². The van der Waals surface area contributed by atoms with E-state index in [1.807, 2.05) is 13.1 Å². The van der Waals surface area contributed by atoms with E-state index in [4.69, 9.17) is 4.74 Å². The number of H-pyrrole nitrogens is 1. The average molecular weight is 341 g/mol. The van der Waals surface area contributed by atoms with E-state index in [0.29, 0.717) is 12.2 Å². The van der Waals surface area contributed by atoms with Crippen molar-refractivity contribution in [3.05, 3.63) is 59.4 Å². The minimum Gasteiger partial charge on any atom is -0.373 e. The largest absolute Gasteiger partial charge is 0.373 e. The van der Waals surface area contributed by atoms with Crippen molar-refractivity contribution >= 4 is 5.91 Å². The maximum absolute atomic E-state index is 12.3. The first kappa shape index (κ1) is 17.7. The summed E-state index contributed by atoms with van der Waals surface area (Å²) in [4.78, 5) is 19.4. The number of amides is 1. The van der Waals surface area contributed by atoms with Crippen molar-refractivity contribution in [3.63, 3.8) is 0 Å². The molecule has 5 heteroatoms. The Balaban J connectivity index is 1.56.